The van der Waals surface area contributed by atoms with Crippen molar-refractivity contribution in [2.75, 3.05) is 0 Å². The predicted molar refractivity (Wildman–Crippen MR) is 128 cm³/mol. The molecule has 2 heterocycles. The highest BCUT2D eigenvalue weighted by molar-refractivity contribution is 7.10. The standard InChI is InChI=1S/C26H32N2O2S/c1-5-8-12-22-17-20-15-16-31-25(20)24(28(22)23(29)7-3)18(4)13-14-19(6-2)26(30)27-21-10-9-11-21/h3,6,13-16,21-22,24H,4-5,8-12,17H2,1-2H3,(H,27,30)/b14-13-,19-6+/t22-,24-/m0/s1. The Hall–Kier alpha value is -2.58. The second kappa shape index (κ2) is 10.6. The number of terminal acetylenes is 1. The number of nitrogens with one attached hydrogen (secondary N) is 1. The van der Waals surface area contributed by atoms with Gasteiger partial charge in [0.1, 0.15) is 0 Å². The van der Waals surface area contributed by atoms with Gasteiger partial charge in [-0.2, -0.15) is 0 Å². The fraction of sp³-hybridized carbons (Fsp3) is 0.462. The van der Waals surface area contributed by atoms with E-state index >= 15 is 0 Å². The Bertz CT molecular complexity index is 929. The number of carbonyl (C=O) groups is 2. The first kappa shape index (κ1) is 23.1. The van der Waals surface area contributed by atoms with Gasteiger partial charge in [0.25, 0.3) is 11.8 Å². The molecule has 0 bridgehead atoms. The van der Waals surface area contributed by atoms with Crippen LogP contribution in [0.2, 0.25) is 0 Å². The van der Waals surface area contributed by atoms with E-state index in [9.17, 15) is 9.59 Å². The Morgan fingerprint density at radius 3 is 2.77 bits per heavy atom. The molecule has 31 heavy (non-hydrogen) atoms. The Kier molecular flexibility index (Phi) is 7.92. The van der Waals surface area contributed by atoms with E-state index in [0.717, 1.165) is 49.0 Å². The molecule has 1 aromatic rings. The van der Waals surface area contributed by atoms with Crippen LogP contribution in [0.4, 0.5) is 0 Å². The molecule has 5 heteroatoms. The first-order valence-electron chi connectivity index (χ1n) is 11.2. The normalized spacial score (nSPS) is 21.3. The Balaban J connectivity index is 1.85. The Morgan fingerprint density at radius 1 is 1.39 bits per heavy atom. The average molecular weight is 437 g/mol. The Morgan fingerprint density at radius 2 is 2.16 bits per heavy atom. The summed E-state index contributed by atoms with van der Waals surface area (Å²) in [5, 5.41) is 5.14. The molecular weight excluding hydrogens is 404 g/mol. The van der Waals surface area contributed by atoms with Gasteiger partial charge in [0, 0.05) is 22.5 Å². The molecule has 2 amide bonds. The lowest BCUT2D eigenvalue weighted by molar-refractivity contribution is -0.130. The molecule has 1 aromatic heterocycles. The SMILES string of the molecule is C#CC(=O)N1[C@@H](CCCC)Cc2ccsc2[C@@H]1C(=C)/C=C\C(=C/C)C(=O)NC1CCC1. The van der Waals surface area contributed by atoms with Crippen LogP contribution in [0.1, 0.15) is 68.9 Å². The van der Waals surface area contributed by atoms with Crippen molar-refractivity contribution < 1.29 is 9.59 Å². The zero-order valence-corrected chi connectivity index (χ0v) is 19.3. The van der Waals surface area contributed by atoms with E-state index < -0.39 is 0 Å². The molecule has 0 unspecified atom stereocenters. The van der Waals surface area contributed by atoms with Gasteiger partial charge >= 0.3 is 0 Å². The number of allylic oxidation sites excluding steroid dienone is 1. The molecule has 1 aliphatic carbocycles. The van der Waals surface area contributed by atoms with Crippen LogP contribution in [0, 0.1) is 12.3 Å². The van der Waals surface area contributed by atoms with Crippen molar-refractivity contribution in [1.82, 2.24) is 10.2 Å². The molecule has 4 nitrogen and oxygen atoms in total. The number of rotatable bonds is 8. The first-order chi connectivity index (χ1) is 15.0. The summed E-state index contributed by atoms with van der Waals surface area (Å²) in [6.45, 7) is 8.30. The molecule has 1 aliphatic heterocycles. The summed E-state index contributed by atoms with van der Waals surface area (Å²) in [7, 11) is 0. The molecule has 0 spiro atoms. The van der Waals surface area contributed by atoms with Crippen LogP contribution in [-0.4, -0.2) is 28.8 Å². The summed E-state index contributed by atoms with van der Waals surface area (Å²) >= 11 is 1.63. The fourth-order valence-corrected chi connectivity index (χ4v) is 5.32. The van der Waals surface area contributed by atoms with Gasteiger partial charge < -0.3 is 10.2 Å². The van der Waals surface area contributed by atoms with Gasteiger partial charge in [0.05, 0.1) is 6.04 Å². The number of nitrogens with zero attached hydrogens (tertiary/aromatic N) is 1. The molecule has 0 aromatic carbocycles. The lowest BCUT2D eigenvalue weighted by atomic mass is 9.88. The second-order valence-electron chi connectivity index (χ2n) is 8.32. The van der Waals surface area contributed by atoms with Crippen LogP contribution in [0.3, 0.4) is 0 Å². The van der Waals surface area contributed by atoms with Gasteiger partial charge in [-0.25, -0.2) is 0 Å². The molecule has 1 saturated carbocycles. The summed E-state index contributed by atoms with van der Waals surface area (Å²) in [4.78, 5) is 28.3. The largest absolute Gasteiger partial charge is 0.349 e. The number of carbonyl (C=O) groups excluding carboxylic acids is 2. The zero-order valence-electron chi connectivity index (χ0n) is 18.5. The van der Waals surface area contributed by atoms with Crippen molar-refractivity contribution in [1.29, 1.82) is 0 Å². The van der Waals surface area contributed by atoms with Gasteiger partial charge in [0.15, 0.2) is 0 Å². The molecule has 2 aliphatic rings. The highest BCUT2D eigenvalue weighted by Gasteiger charge is 2.38. The van der Waals surface area contributed by atoms with E-state index in [1.807, 2.05) is 24.0 Å². The van der Waals surface area contributed by atoms with E-state index in [4.69, 9.17) is 6.42 Å². The summed E-state index contributed by atoms with van der Waals surface area (Å²) < 4.78 is 0. The van der Waals surface area contributed by atoms with Gasteiger partial charge in [-0.15, -0.1) is 17.8 Å². The number of hydrogen-bond donors (Lipinski definition) is 1. The zero-order chi connectivity index (χ0) is 22.4. The lowest BCUT2D eigenvalue weighted by Crippen LogP contribution is -2.46. The van der Waals surface area contributed by atoms with Crippen LogP contribution < -0.4 is 5.32 Å². The van der Waals surface area contributed by atoms with Crippen molar-refractivity contribution in [2.45, 2.75) is 76.9 Å². The maximum atomic E-state index is 12.8. The van der Waals surface area contributed by atoms with Crippen molar-refractivity contribution in [3.63, 3.8) is 0 Å². The maximum absolute atomic E-state index is 12.8. The van der Waals surface area contributed by atoms with Gasteiger partial charge in [-0.1, -0.05) is 38.5 Å². The minimum Gasteiger partial charge on any atom is -0.349 e. The molecule has 1 N–H and O–H groups in total. The quantitative estimate of drug-likeness (QED) is 0.350. The number of thiophene rings is 1. The summed E-state index contributed by atoms with van der Waals surface area (Å²) in [6, 6.07) is 2.19. The monoisotopic (exact) mass is 436 g/mol. The summed E-state index contributed by atoms with van der Waals surface area (Å²) in [5.74, 6) is 1.97. The van der Waals surface area contributed by atoms with E-state index in [-0.39, 0.29) is 29.9 Å². The van der Waals surface area contributed by atoms with Crippen molar-refractivity contribution in [2.24, 2.45) is 0 Å². The third kappa shape index (κ3) is 5.19. The summed E-state index contributed by atoms with van der Waals surface area (Å²) in [5.41, 5.74) is 2.64. The third-order valence-corrected chi connectivity index (χ3v) is 7.26. The van der Waals surface area contributed by atoms with Crippen LogP contribution in [0.5, 0.6) is 0 Å². The first-order valence-corrected chi connectivity index (χ1v) is 12.1. The lowest BCUT2D eigenvalue weighted by Gasteiger charge is -2.41. The smallest absolute Gasteiger partial charge is 0.299 e. The highest BCUT2D eigenvalue weighted by atomic mass is 32.1. The maximum Gasteiger partial charge on any atom is 0.299 e. The van der Waals surface area contributed by atoms with Crippen molar-refractivity contribution in [3.05, 3.63) is 57.8 Å². The number of fused-ring (bicyclic) bond motifs is 1. The molecule has 164 valence electrons. The van der Waals surface area contributed by atoms with E-state index in [1.54, 1.807) is 17.4 Å². The van der Waals surface area contributed by atoms with Gasteiger partial charge in [-0.3, -0.25) is 9.59 Å². The fourth-order valence-electron chi connectivity index (χ4n) is 4.24. The molecule has 2 atom stereocenters. The predicted octanol–water partition coefficient (Wildman–Crippen LogP) is 5.09. The molecule has 0 radical (unpaired) electrons. The highest BCUT2D eigenvalue weighted by Crippen LogP contribution is 2.42. The van der Waals surface area contributed by atoms with Crippen molar-refractivity contribution in [3.8, 4) is 12.3 Å². The number of unbranched alkanes of at least 4 members (excludes halogenated alkanes) is 1. The Labute approximate surface area is 190 Å². The minimum absolute atomic E-state index is 0.0591. The van der Waals surface area contributed by atoms with Gasteiger partial charge in [0.2, 0.25) is 0 Å². The van der Waals surface area contributed by atoms with Crippen LogP contribution in [-0.2, 0) is 16.0 Å². The molecular formula is C26H32N2O2S. The second-order valence-corrected chi connectivity index (χ2v) is 9.27. The van der Waals surface area contributed by atoms with Crippen LogP contribution >= 0.6 is 11.3 Å². The summed E-state index contributed by atoms with van der Waals surface area (Å²) in [6.07, 6.45) is 18.1. The van der Waals surface area contributed by atoms with Crippen LogP contribution in [0.25, 0.3) is 0 Å². The molecule has 3 rings (SSSR count). The molecule has 1 fully saturated rings. The minimum atomic E-state index is -0.298. The van der Waals surface area contributed by atoms with E-state index in [0.29, 0.717) is 5.57 Å². The van der Waals surface area contributed by atoms with E-state index in [1.165, 1.54) is 12.0 Å². The van der Waals surface area contributed by atoms with Crippen molar-refractivity contribution >= 4 is 23.2 Å². The number of amides is 2. The topological polar surface area (TPSA) is 49.4 Å². The average Bonchev–Trinajstić information content (AvgIpc) is 3.21. The van der Waals surface area contributed by atoms with Crippen LogP contribution in [0.15, 0.2) is 47.4 Å². The molecule has 0 saturated heterocycles. The number of hydrogen-bond acceptors (Lipinski definition) is 3. The van der Waals surface area contributed by atoms with Gasteiger partial charge in [-0.05, 0) is 73.6 Å². The van der Waals surface area contributed by atoms with E-state index in [2.05, 4.69) is 36.2 Å². The third-order valence-electron chi connectivity index (χ3n) is 6.25.